The van der Waals surface area contributed by atoms with Gasteiger partial charge in [0.05, 0.1) is 5.69 Å². The van der Waals surface area contributed by atoms with E-state index in [9.17, 15) is 4.79 Å². The molecule has 2 N–H and O–H groups in total. The van der Waals surface area contributed by atoms with Gasteiger partial charge >= 0.3 is 0 Å². The summed E-state index contributed by atoms with van der Waals surface area (Å²) in [6.07, 6.45) is 3.38. The molecule has 0 aromatic carbocycles. The highest BCUT2D eigenvalue weighted by molar-refractivity contribution is 5.93. The minimum atomic E-state index is -0.146. The average molecular weight is 230 g/mol. The lowest BCUT2D eigenvalue weighted by Crippen LogP contribution is -2.30. The molecule has 1 amide bonds. The second-order valence-electron chi connectivity index (χ2n) is 4.03. The summed E-state index contributed by atoms with van der Waals surface area (Å²) in [6, 6.07) is 5.53. The first kappa shape index (κ1) is 11.3. The number of hydrogen-bond acceptors (Lipinski definition) is 3. The van der Waals surface area contributed by atoms with E-state index in [1.807, 2.05) is 26.0 Å². The number of H-pyrrole nitrogens is 1. The van der Waals surface area contributed by atoms with Crippen LogP contribution in [0.3, 0.4) is 0 Å². The summed E-state index contributed by atoms with van der Waals surface area (Å²) in [5, 5.41) is 9.63. The van der Waals surface area contributed by atoms with Crippen molar-refractivity contribution in [3.05, 3.63) is 36.3 Å². The van der Waals surface area contributed by atoms with Crippen LogP contribution in [0.25, 0.3) is 11.3 Å². The van der Waals surface area contributed by atoms with Crippen molar-refractivity contribution in [3.8, 4) is 11.3 Å². The molecule has 2 aromatic heterocycles. The number of rotatable bonds is 3. The molecule has 0 aliphatic rings. The van der Waals surface area contributed by atoms with Crippen LogP contribution in [0.1, 0.15) is 24.3 Å². The Kier molecular flexibility index (Phi) is 3.18. The molecule has 0 bridgehead atoms. The lowest BCUT2D eigenvalue weighted by molar-refractivity contribution is 0.0938. The van der Waals surface area contributed by atoms with Gasteiger partial charge in [0.25, 0.3) is 5.91 Å². The summed E-state index contributed by atoms with van der Waals surface area (Å²) >= 11 is 0. The minimum Gasteiger partial charge on any atom is -0.349 e. The van der Waals surface area contributed by atoms with Gasteiger partial charge in [0.1, 0.15) is 5.69 Å². The number of amides is 1. The molecule has 0 aliphatic carbocycles. The van der Waals surface area contributed by atoms with Crippen molar-refractivity contribution in [2.75, 3.05) is 0 Å². The van der Waals surface area contributed by atoms with E-state index in [4.69, 9.17) is 0 Å². The maximum Gasteiger partial charge on any atom is 0.269 e. The Balaban J connectivity index is 2.19. The van der Waals surface area contributed by atoms with Crippen LogP contribution < -0.4 is 5.32 Å². The van der Waals surface area contributed by atoms with Gasteiger partial charge in [-0.25, -0.2) is 0 Å². The minimum absolute atomic E-state index is 0.107. The standard InChI is InChI=1S/C12H14N4O/c1-8(2)14-12(17)11-7-10(15-16-11)9-3-5-13-6-4-9/h3-8H,1-2H3,(H,14,17)(H,15,16). The van der Waals surface area contributed by atoms with Crippen molar-refractivity contribution in [1.82, 2.24) is 20.5 Å². The molecule has 0 atom stereocenters. The number of carbonyl (C=O) groups excluding carboxylic acids is 1. The monoisotopic (exact) mass is 230 g/mol. The molecule has 0 unspecified atom stereocenters. The number of pyridine rings is 1. The van der Waals surface area contributed by atoms with E-state index in [0.717, 1.165) is 11.3 Å². The van der Waals surface area contributed by atoms with Gasteiger partial charge in [0.15, 0.2) is 0 Å². The van der Waals surface area contributed by atoms with Crippen molar-refractivity contribution in [2.45, 2.75) is 19.9 Å². The third kappa shape index (κ3) is 2.69. The van der Waals surface area contributed by atoms with Crippen LogP contribution in [0.15, 0.2) is 30.6 Å². The van der Waals surface area contributed by atoms with Gasteiger partial charge in [0, 0.05) is 24.0 Å². The molecule has 2 heterocycles. The van der Waals surface area contributed by atoms with Crippen LogP contribution in [0.5, 0.6) is 0 Å². The largest absolute Gasteiger partial charge is 0.349 e. The lowest BCUT2D eigenvalue weighted by atomic mass is 10.2. The summed E-state index contributed by atoms with van der Waals surface area (Å²) < 4.78 is 0. The third-order valence-electron chi connectivity index (χ3n) is 2.22. The fraction of sp³-hybridized carbons (Fsp3) is 0.250. The number of nitrogens with one attached hydrogen (secondary N) is 2. The molecule has 0 radical (unpaired) electrons. The van der Waals surface area contributed by atoms with Crippen LogP contribution in [0, 0.1) is 0 Å². The summed E-state index contributed by atoms with van der Waals surface area (Å²) in [7, 11) is 0. The van der Waals surface area contributed by atoms with E-state index in [1.165, 1.54) is 0 Å². The maximum atomic E-state index is 11.7. The zero-order valence-corrected chi connectivity index (χ0v) is 9.77. The fourth-order valence-corrected chi connectivity index (χ4v) is 1.45. The molecule has 5 nitrogen and oxygen atoms in total. The van der Waals surface area contributed by atoms with Crippen molar-refractivity contribution >= 4 is 5.91 Å². The molecule has 0 saturated heterocycles. The number of nitrogens with zero attached hydrogens (tertiary/aromatic N) is 2. The smallest absolute Gasteiger partial charge is 0.269 e. The highest BCUT2D eigenvalue weighted by Gasteiger charge is 2.11. The van der Waals surface area contributed by atoms with Gasteiger partial charge in [-0.3, -0.25) is 14.9 Å². The molecule has 0 saturated carbocycles. The molecule has 0 spiro atoms. The molecule has 17 heavy (non-hydrogen) atoms. The summed E-state index contributed by atoms with van der Waals surface area (Å²) in [5.41, 5.74) is 2.13. The first-order valence-corrected chi connectivity index (χ1v) is 5.43. The first-order chi connectivity index (χ1) is 8.16. The number of hydrogen-bond donors (Lipinski definition) is 2. The van der Waals surface area contributed by atoms with Crippen molar-refractivity contribution < 1.29 is 4.79 Å². The number of aromatic amines is 1. The molecular formula is C12H14N4O. The van der Waals surface area contributed by atoms with Crippen LogP contribution in [-0.4, -0.2) is 27.1 Å². The molecule has 88 valence electrons. The topological polar surface area (TPSA) is 70.7 Å². The van der Waals surface area contributed by atoms with Crippen molar-refractivity contribution in [1.29, 1.82) is 0 Å². The Hall–Kier alpha value is -2.17. The molecule has 2 rings (SSSR count). The van der Waals surface area contributed by atoms with E-state index in [1.54, 1.807) is 18.5 Å². The third-order valence-corrected chi connectivity index (χ3v) is 2.22. The fourth-order valence-electron chi connectivity index (χ4n) is 1.45. The van der Waals surface area contributed by atoms with Gasteiger partial charge in [0.2, 0.25) is 0 Å². The maximum absolute atomic E-state index is 11.7. The Morgan fingerprint density at radius 2 is 2.06 bits per heavy atom. The quantitative estimate of drug-likeness (QED) is 0.841. The molecule has 0 aliphatic heterocycles. The Morgan fingerprint density at radius 3 is 2.71 bits per heavy atom. The first-order valence-electron chi connectivity index (χ1n) is 5.43. The summed E-state index contributed by atoms with van der Waals surface area (Å²) in [4.78, 5) is 15.6. The van der Waals surface area contributed by atoms with Crippen LogP contribution in [0.4, 0.5) is 0 Å². The van der Waals surface area contributed by atoms with Gasteiger partial charge in [-0.1, -0.05) is 0 Å². The van der Waals surface area contributed by atoms with E-state index in [2.05, 4.69) is 20.5 Å². The highest BCUT2D eigenvalue weighted by atomic mass is 16.2. The second-order valence-corrected chi connectivity index (χ2v) is 4.03. The molecule has 0 fully saturated rings. The molecule has 5 heteroatoms. The lowest BCUT2D eigenvalue weighted by Gasteiger charge is -2.05. The number of carbonyl (C=O) groups is 1. The summed E-state index contributed by atoms with van der Waals surface area (Å²) in [5.74, 6) is -0.146. The Morgan fingerprint density at radius 1 is 1.35 bits per heavy atom. The van der Waals surface area contributed by atoms with Gasteiger partial charge in [-0.05, 0) is 32.0 Å². The van der Waals surface area contributed by atoms with E-state index in [0.29, 0.717) is 5.69 Å². The van der Waals surface area contributed by atoms with E-state index >= 15 is 0 Å². The average Bonchev–Trinajstić information content (AvgIpc) is 2.78. The SMILES string of the molecule is CC(C)NC(=O)c1cc(-c2ccncc2)n[nH]1. The number of aromatic nitrogens is 3. The molecule has 2 aromatic rings. The Labute approximate surface area is 99.3 Å². The van der Waals surface area contributed by atoms with Gasteiger partial charge in [-0.15, -0.1) is 0 Å². The Bertz CT molecular complexity index is 504. The van der Waals surface area contributed by atoms with E-state index < -0.39 is 0 Å². The van der Waals surface area contributed by atoms with Gasteiger partial charge in [-0.2, -0.15) is 5.10 Å². The predicted octanol–water partition coefficient (Wildman–Crippen LogP) is 1.61. The van der Waals surface area contributed by atoms with E-state index in [-0.39, 0.29) is 11.9 Å². The van der Waals surface area contributed by atoms with Crippen LogP contribution in [-0.2, 0) is 0 Å². The zero-order valence-electron chi connectivity index (χ0n) is 9.77. The second kappa shape index (κ2) is 4.78. The highest BCUT2D eigenvalue weighted by Crippen LogP contribution is 2.15. The van der Waals surface area contributed by atoms with Gasteiger partial charge < -0.3 is 5.32 Å². The van der Waals surface area contributed by atoms with Crippen molar-refractivity contribution in [2.24, 2.45) is 0 Å². The predicted molar refractivity (Wildman–Crippen MR) is 64.4 cm³/mol. The summed E-state index contributed by atoms with van der Waals surface area (Å²) in [6.45, 7) is 3.83. The van der Waals surface area contributed by atoms with Crippen molar-refractivity contribution in [3.63, 3.8) is 0 Å². The van der Waals surface area contributed by atoms with Crippen LogP contribution >= 0.6 is 0 Å². The van der Waals surface area contributed by atoms with Crippen LogP contribution in [0.2, 0.25) is 0 Å². The normalized spacial score (nSPS) is 10.5. The molecular weight excluding hydrogens is 216 g/mol. The zero-order chi connectivity index (χ0) is 12.3.